The third kappa shape index (κ3) is 7.31. The van der Waals surface area contributed by atoms with E-state index in [9.17, 15) is 45.2 Å². The van der Waals surface area contributed by atoms with Crippen LogP contribution in [0.4, 0.5) is 32.6 Å². The van der Waals surface area contributed by atoms with E-state index in [4.69, 9.17) is 4.74 Å². The van der Waals surface area contributed by atoms with Crippen molar-refractivity contribution in [1.29, 1.82) is 5.26 Å². The molecule has 0 unspecified atom stereocenters. The second-order valence-electron chi connectivity index (χ2n) is 10.3. The molecule has 0 aromatic carbocycles. The van der Waals surface area contributed by atoms with Crippen LogP contribution in [-0.2, 0) is 37.2 Å². The van der Waals surface area contributed by atoms with Crippen LogP contribution in [0.15, 0.2) is 23.2 Å². The molecule has 0 saturated carbocycles. The molecular formula is C25H28F5N3O6S2. The summed E-state index contributed by atoms with van der Waals surface area (Å²) < 4.78 is 104. The Morgan fingerprint density at radius 1 is 1.10 bits per heavy atom. The van der Waals surface area contributed by atoms with Crippen molar-refractivity contribution in [2.24, 2.45) is 0 Å². The van der Waals surface area contributed by atoms with Gasteiger partial charge in [0, 0.05) is 6.20 Å². The van der Waals surface area contributed by atoms with E-state index in [1.165, 1.54) is 41.5 Å². The van der Waals surface area contributed by atoms with Gasteiger partial charge in [0.25, 0.3) is 0 Å². The van der Waals surface area contributed by atoms with Gasteiger partial charge in [0.1, 0.15) is 15.4 Å². The second-order valence-corrected chi connectivity index (χ2v) is 13.6. The summed E-state index contributed by atoms with van der Waals surface area (Å²) >= 11 is -0.187. The van der Waals surface area contributed by atoms with Crippen LogP contribution in [-0.4, -0.2) is 50.1 Å². The van der Waals surface area contributed by atoms with Gasteiger partial charge in [0.2, 0.25) is 0 Å². The van der Waals surface area contributed by atoms with Crippen molar-refractivity contribution in [3.05, 3.63) is 39.2 Å². The Kier molecular flexibility index (Phi) is 9.52. The SMILES string of the molecule is CCS(=O)(=O)c1cc(C(C)(C)C#N)cnc1N(Cc1cc(C(F)(F)C(F)(F)F)sc1C(=O)OC)C(=O)OC(C)(C)C. The highest BCUT2D eigenvalue weighted by molar-refractivity contribution is 7.91. The Labute approximate surface area is 237 Å². The molecule has 226 valence electrons. The first-order valence-corrected chi connectivity index (χ1v) is 14.3. The van der Waals surface area contributed by atoms with E-state index >= 15 is 0 Å². The summed E-state index contributed by atoms with van der Waals surface area (Å²) in [5.41, 5.74) is -2.73. The van der Waals surface area contributed by atoms with E-state index < -0.39 is 83.3 Å². The third-order valence-electron chi connectivity index (χ3n) is 5.59. The molecule has 0 saturated heterocycles. The molecule has 2 rings (SSSR count). The fraction of sp³-hybridized carbons (Fsp3) is 0.520. The molecule has 16 heteroatoms. The Morgan fingerprint density at radius 3 is 2.15 bits per heavy atom. The molecule has 2 heterocycles. The number of halogens is 5. The number of carbonyl (C=O) groups is 2. The van der Waals surface area contributed by atoms with Gasteiger partial charge in [-0.05, 0) is 57.9 Å². The number of sulfone groups is 1. The number of anilines is 1. The van der Waals surface area contributed by atoms with Crippen LogP contribution in [0.2, 0.25) is 0 Å². The summed E-state index contributed by atoms with van der Waals surface area (Å²) in [6.07, 6.45) is -6.11. The number of thiophene rings is 1. The quantitative estimate of drug-likeness (QED) is 0.254. The van der Waals surface area contributed by atoms with E-state index in [0.717, 1.165) is 19.4 Å². The number of carbonyl (C=O) groups excluding carboxylic acids is 2. The number of rotatable bonds is 8. The number of methoxy groups -OCH3 is 1. The van der Waals surface area contributed by atoms with Crippen LogP contribution in [0.5, 0.6) is 0 Å². The highest BCUT2D eigenvalue weighted by atomic mass is 32.2. The van der Waals surface area contributed by atoms with Gasteiger partial charge >= 0.3 is 24.2 Å². The molecular weight excluding hydrogens is 597 g/mol. The summed E-state index contributed by atoms with van der Waals surface area (Å²) in [6.45, 7) is 7.83. The Hall–Kier alpha value is -3.32. The topological polar surface area (TPSA) is 127 Å². The van der Waals surface area contributed by atoms with Crippen molar-refractivity contribution < 1.29 is 49.4 Å². The maximum absolute atomic E-state index is 14.2. The monoisotopic (exact) mass is 625 g/mol. The number of hydrogen-bond acceptors (Lipinski definition) is 9. The zero-order chi connectivity index (χ0) is 31.8. The first-order valence-electron chi connectivity index (χ1n) is 11.8. The number of nitrogens with zero attached hydrogens (tertiary/aromatic N) is 3. The standard InChI is InChI=1S/C25H28F5N3O6S2/c1-8-41(36,37)16-10-15(23(5,6)13-31)11-32-19(16)33(21(35)39-22(2,3)4)12-14-9-17(24(26,27)25(28,29)30)40-18(14)20(34)38-7/h9-11H,8,12H2,1-7H3. The lowest BCUT2D eigenvalue weighted by Gasteiger charge is -2.28. The maximum atomic E-state index is 14.2. The normalized spacial score (nSPS) is 13.0. The largest absolute Gasteiger partial charge is 0.465 e. The van der Waals surface area contributed by atoms with Gasteiger partial charge in [0.05, 0.1) is 35.8 Å². The number of hydrogen-bond donors (Lipinski definition) is 0. The smallest absolute Gasteiger partial charge is 0.458 e. The molecule has 0 atom stereocenters. The molecule has 0 spiro atoms. The number of ether oxygens (including phenoxy) is 2. The van der Waals surface area contributed by atoms with Crippen molar-refractivity contribution in [1.82, 2.24) is 4.98 Å². The summed E-state index contributed by atoms with van der Waals surface area (Å²) in [5, 5.41) is 9.52. The van der Waals surface area contributed by atoms with E-state index in [2.05, 4.69) is 9.72 Å². The zero-order valence-electron chi connectivity index (χ0n) is 23.1. The van der Waals surface area contributed by atoms with Crippen molar-refractivity contribution in [2.45, 2.75) is 76.1 Å². The van der Waals surface area contributed by atoms with Gasteiger partial charge in [-0.2, -0.15) is 27.2 Å². The van der Waals surface area contributed by atoms with Crippen molar-refractivity contribution in [3.63, 3.8) is 0 Å². The van der Waals surface area contributed by atoms with E-state index in [0.29, 0.717) is 11.0 Å². The molecule has 0 bridgehead atoms. The predicted molar refractivity (Wildman–Crippen MR) is 139 cm³/mol. The van der Waals surface area contributed by atoms with Gasteiger partial charge in [0.15, 0.2) is 15.7 Å². The van der Waals surface area contributed by atoms with Crippen molar-refractivity contribution >= 4 is 39.1 Å². The fourth-order valence-corrected chi connectivity index (χ4v) is 5.39. The molecule has 0 aliphatic rings. The summed E-state index contributed by atoms with van der Waals surface area (Å²) in [5.74, 6) is -7.65. The van der Waals surface area contributed by atoms with Crippen LogP contribution < -0.4 is 4.90 Å². The Morgan fingerprint density at radius 2 is 1.68 bits per heavy atom. The van der Waals surface area contributed by atoms with E-state index in [1.807, 2.05) is 6.07 Å². The van der Waals surface area contributed by atoms with Crippen molar-refractivity contribution in [2.75, 3.05) is 17.8 Å². The Balaban J connectivity index is 2.90. The number of amides is 1. The van der Waals surface area contributed by atoms with Gasteiger partial charge in [-0.25, -0.2) is 23.0 Å². The number of esters is 1. The number of pyridine rings is 1. The van der Waals surface area contributed by atoms with Crippen LogP contribution in [0.3, 0.4) is 0 Å². The molecule has 41 heavy (non-hydrogen) atoms. The maximum Gasteiger partial charge on any atom is 0.458 e. The fourth-order valence-electron chi connectivity index (χ4n) is 3.25. The molecule has 9 nitrogen and oxygen atoms in total. The predicted octanol–water partition coefficient (Wildman–Crippen LogP) is 6.12. The number of alkyl halides is 5. The first-order chi connectivity index (χ1) is 18.5. The molecule has 0 N–H and O–H groups in total. The van der Waals surface area contributed by atoms with Crippen molar-refractivity contribution in [3.8, 4) is 6.07 Å². The van der Waals surface area contributed by atoms with Crippen LogP contribution in [0.25, 0.3) is 0 Å². The van der Waals surface area contributed by atoms with E-state index in [1.54, 1.807) is 0 Å². The van der Waals surface area contributed by atoms with Gasteiger partial charge < -0.3 is 9.47 Å². The molecule has 0 aliphatic heterocycles. The highest BCUT2D eigenvalue weighted by Crippen LogP contribution is 2.47. The third-order valence-corrected chi connectivity index (χ3v) is 8.55. The summed E-state index contributed by atoms with van der Waals surface area (Å²) in [7, 11) is -3.30. The van der Waals surface area contributed by atoms with Crippen LogP contribution >= 0.6 is 11.3 Å². The lowest BCUT2D eigenvalue weighted by molar-refractivity contribution is -0.287. The molecule has 1 amide bonds. The first kappa shape index (κ1) is 33.9. The van der Waals surface area contributed by atoms with Crippen LogP contribution in [0.1, 0.15) is 67.2 Å². The van der Waals surface area contributed by atoms with Gasteiger partial charge in [-0.1, -0.05) is 6.92 Å². The second kappa shape index (κ2) is 11.5. The van der Waals surface area contributed by atoms with Crippen LogP contribution in [0, 0.1) is 11.3 Å². The number of aromatic nitrogens is 1. The lowest BCUT2D eigenvalue weighted by atomic mass is 9.88. The highest BCUT2D eigenvalue weighted by Gasteiger charge is 2.60. The summed E-state index contributed by atoms with van der Waals surface area (Å²) in [6, 6.07) is 3.52. The van der Waals surface area contributed by atoms with Gasteiger partial charge in [-0.15, -0.1) is 11.3 Å². The molecule has 0 aliphatic carbocycles. The Bertz CT molecular complexity index is 1470. The molecule has 0 fully saturated rings. The molecule has 0 radical (unpaired) electrons. The molecule has 2 aromatic heterocycles. The minimum absolute atomic E-state index is 0.165. The minimum atomic E-state index is -6.00. The zero-order valence-corrected chi connectivity index (χ0v) is 24.8. The summed E-state index contributed by atoms with van der Waals surface area (Å²) in [4.78, 5) is 27.7. The molecule has 2 aromatic rings. The average molecular weight is 626 g/mol. The minimum Gasteiger partial charge on any atom is -0.465 e. The lowest BCUT2D eigenvalue weighted by Crippen LogP contribution is -2.38. The number of nitriles is 1. The van der Waals surface area contributed by atoms with Gasteiger partial charge in [-0.3, -0.25) is 4.90 Å². The average Bonchev–Trinajstić information content (AvgIpc) is 3.29. The van der Waals surface area contributed by atoms with E-state index in [-0.39, 0.29) is 16.9 Å².